The smallest absolute Gasteiger partial charge is 0.255 e. The summed E-state index contributed by atoms with van der Waals surface area (Å²) in [6.07, 6.45) is 3.82. The number of hydrogen-bond donors (Lipinski definition) is 4. The highest BCUT2D eigenvalue weighted by atomic mass is 16.3. The van der Waals surface area contributed by atoms with Crippen molar-refractivity contribution in [1.82, 2.24) is 0 Å². The Morgan fingerprint density at radius 2 is 1.11 bits per heavy atom. The Balaban J connectivity index is 1.37. The molecule has 0 aromatic heterocycles. The zero-order valence-electron chi connectivity index (χ0n) is 19.0. The van der Waals surface area contributed by atoms with Crippen molar-refractivity contribution in [2.24, 2.45) is 0 Å². The molecule has 0 atom stereocenters. The lowest BCUT2D eigenvalue weighted by Gasteiger charge is -2.08. The predicted octanol–water partition coefficient (Wildman–Crippen LogP) is 6.08. The van der Waals surface area contributed by atoms with Crippen molar-refractivity contribution < 1.29 is 19.8 Å². The van der Waals surface area contributed by atoms with Crippen molar-refractivity contribution in [3.63, 3.8) is 0 Å². The van der Waals surface area contributed by atoms with E-state index in [0.717, 1.165) is 16.7 Å². The molecular weight excluding hydrogens is 440 g/mol. The second-order valence-electron chi connectivity index (χ2n) is 8.02. The van der Waals surface area contributed by atoms with Crippen molar-refractivity contribution in [2.45, 2.75) is 6.92 Å². The number of carbonyl (C=O) groups excluding carboxylic acids is 2. The van der Waals surface area contributed by atoms with Gasteiger partial charge in [-0.1, -0.05) is 54.6 Å². The minimum atomic E-state index is -0.310. The van der Waals surface area contributed by atoms with Crippen LogP contribution in [0.4, 0.5) is 11.4 Å². The summed E-state index contributed by atoms with van der Waals surface area (Å²) >= 11 is 0. The molecule has 0 aliphatic rings. The lowest BCUT2D eigenvalue weighted by Crippen LogP contribution is -2.12. The SMILES string of the molecule is Cc1ccc(O)c(NC(=O)c2ccc(/C=C/c3ccc(C(=O)Nc4ccccc4O)cc3)cc2)c1. The highest BCUT2D eigenvalue weighted by Crippen LogP contribution is 2.25. The van der Waals surface area contributed by atoms with Crippen LogP contribution in [0.2, 0.25) is 0 Å². The van der Waals surface area contributed by atoms with Crippen LogP contribution in [0.5, 0.6) is 11.5 Å². The summed E-state index contributed by atoms with van der Waals surface area (Å²) in [6.45, 7) is 1.88. The molecule has 4 rings (SSSR count). The summed E-state index contributed by atoms with van der Waals surface area (Å²) < 4.78 is 0. The monoisotopic (exact) mass is 464 g/mol. The van der Waals surface area contributed by atoms with E-state index < -0.39 is 0 Å². The predicted molar refractivity (Wildman–Crippen MR) is 139 cm³/mol. The summed E-state index contributed by atoms with van der Waals surface area (Å²) in [6, 6.07) is 25.8. The third-order valence-electron chi connectivity index (χ3n) is 5.37. The number of phenols is 2. The van der Waals surface area contributed by atoms with E-state index in [1.807, 2.05) is 43.3 Å². The molecule has 174 valence electrons. The molecule has 4 aromatic carbocycles. The van der Waals surface area contributed by atoms with E-state index in [1.165, 1.54) is 6.07 Å². The Morgan fingerprint density at radius 3 is 1.66 bits per heavy atom. The molecule has 4 aromatic rings. The Labute approximate surface area is 203 Å². The Bertz CT molecular complexity index is 1390. The number of hydrogen-bond acceptors (Lipinski definition) is 4. The molecule has 0 bridgehead atoms. The highest BCUT2D eigenvalue weighted by molar-refractivity contribution is 6.05. The maximum Gasteiger partial charge on any atom is 0.255 e. The Hall–Kier alpha value is -4.84. The van der Waals surface area contributed by atoms with Crippen LogP contribution in [0.1, 0.15) is 37.4 Å². The van der Waals surface area contributed by atoms with Gasteiger partial charge in [0.05, 0.1) is 11.4 Å². The third kappa shape index (κ3) is 5.94. The van der Waals surface area contributed by atoms with Gasteiger partial charge >= 0.3 is 0 Å². The third-order valence-corrected chi connectivity index (χ3v) is 5.37. The van der Waals surface area contributed by atoms with Gasteiger partial charge in [0, 0.05) is 11.1 Å². The summed E-state index contributed by atoms with van der Waals surface area (Å²) in [5, 5.41) is 25.1. The fraction of sp³-hybridized carbons (Fsp3) is 0.0345. The van der Waals surface area contributed by atoms with Gasteiger partial charge in [-0.05, 0) is 72.1 Å². The minimum absolute atomic E-state index is 0.0113. The standard InChI is InChI=1S/C29H24N2O4/c1-19-6-17-27(33)25(18-19)31-29(35)23-15-11-21(12-16-23)8-7-20-9-13-22(14-10-20)28(34)30-24-4-2-3-5-26(24)32/h2-18,32-33H,1H3,(H,30,34)(H,31,35)/b8-7+. The minimum Gasteiger partial charge on any atom is -0.506 e. The number of para-hydroxylation sites is 2. The van der Waals surface area contributed by atoms with Crippen molar-refractivity contribution in [3.8, 4) is 11.5 Å². The first-order valence-corrected chi connectivity index (χ1v) is 11.0. The summed E-state index contributed by atoms with van der Waals surface area (Å²) in [5.74, 6) is -0.587. The molecule has 6 heteroatoms. The molecule has 2 amide bonds. The van der Waals surface area contributed by atoms with Crippen LogP contribution in [0.3, 0.4) is 0 Å². The average molecular weight is 465 g/mol. The average Bonchev–Trinajstić information content (AvgIpc) is 2.87. The highest BCUT2D eigenvalue weighted by Gasteiger charge is 2.10. The molecule has 0 aliphatic carbocycles. The molecule has 35 heavy (non-hydrogen) atoms. The van der Waals surface area contributed by atoms with Gasteiger partial charge in [-0.3, -0.25) is 9.59 Å². The van der Waals surface area contributed by atoms with Gasteiger partial charge in [0.15, 0.2) is 0 Å². The molecule has 0 saturated heterocycles. The van der Waals surface area contributed by atoms with E-state index in [0.29, 0.717) is 22.5 Å². The van der Waals surface area contributed by atoms with Gasteiger partial charge < -0.3 is 20.8 Å². The zero-order chi connectivity index (χ0) is 24.8. The molecule has 0 unspecified atom stereocenters. The molecule has 0 aliphatic heterocycles. The van der Waals surface area contributed by atoms with Crippen LogP contribution in [-0.2, 0) is 0 Å². The largest absolute Gasteiger partial charge is 0.506 e. The molecular formula is C29H24N2O4. The number of anilines is 2. The molecule has 0 heterocycles. The second-order valence-corrected chi connectivity index (χ2v) is 8.02. The summed E-state index contributed by atoms with van der Waals surface area (Å²) in [5.41, 5.74) is 4.42. The Kier molecular flexibility index (Phi) is 6.93. The van der Waals surface area contributed by atoms with Gasteiger partial charge in [0.2, 0.25) is 0 Å². The molecule has 0 spiro atoms. The van der Waals surface area contributed by atoms with Crippen LogP contribution < -0.4 is 10.6 Å². The summed E-state index contributed by atoms with van der Waals surface area (Å²) in [4.78, 5) is 24.9. The maximum atomic E-state index is 12.5. The van der Waals surface area contributed by atoms with Gasteiger partial charge in [-0.15, -0.1) is 0 Å². The number of nitrogens with one attached hydrogen (secondary N) is 2. The van der Waals surface area contributed by atoms with E-state index >= 15 is 0 Å². The van der Waals surface area contributed by atoms with Crippen LogP contribution in [0.15, 0.2) is 91.0 Å². The van der Waals surface area contributed by atoms with Crippen molar-refractivity contribution in [2.75, 3.05) is 10.6 Å². The molecule has 0 radical (unpaired) electrons. The zero-order valence-corrected chi connectivity index (χ0v) is 19.0. The van der Waals surface area contributed by atoms with Crippen molar-refractivity contribution >= 4 is 35.3 Å². The number of aromatic hydroxyl groups is 2. The van der Waals surface area contributed by atoms with Gasteiger partial charge in [0.25, 0.3) is 11.8 Å². The number of phenolic OH excluding ortho intramolecular Hbond substituents is 2. The van der Waals surface area contributed by atoms with Gasteiger partial charge in [0.1, 0.15) is 11.5 Å². The Morgan fingerprint density at radius 1 is 0.629 bits per heavy atom. The molecule has 6 nitrogen and oxygen atoms in total. The number of amides is 2. The second kappa shape index (κ2) is 10.4. The first-order valence-electron chi connectivity index (χ1n) is 11.0. The van der Waals surface area contributed by atoms with Crippen molar-refractivity contribution in [3.05, 3.63) is 119 Å². The van der Waals surface area contributed by atoms with E-state index in [4.69, 9.17) is 0 Å². The van der Waals surface area contributed by atoms with Crippen LogP contribution in [-0.4, -0.2) is 22.0 Å². The number of aryl methyl sites for hydroxylation is 1. The molecule has 4 N–H and O–H groups in total. The van der Waals surface area contributed by atoms with E-state index in [2.05, 4.69) is 10.6 Å². The fourth-order valence-corrected chi connectivity index (χ4v) is 3.40. The van der Waals surface area contributed by atoms with Crippen LogP contribution >= 0.6 is 0 Å². The number of carbonyl (C=O) groups is 2. The van der Waals surface area contributed by atoms with Crippen LogP contribution in [0, 0.1) is 6.92 Å². The molecule has 0 fully saturated rings. The van der Waals surface area contributed by atoms with Gasteiger partial charge in [-0.25, -0.2) is 0 Å². The fourth-order valence-electron chi connectivity index (χ4n) is 3.40. The lowest BCUT2D eigenvalue weighted by atomic mass is 10.1. The lowest BCUT2D eigenvalue weighted by molar-refractivity contribution is 0.101. The molecule has 0 saturated carbocycles. The first-order chi connectivity index (χ1) is 16.9. The normalized spacial score (nSPS) is 10.8. The quantitative estimate of drug-likeness (QED) is 0.205. The number of benzene rings is 4. The van der Waals surface area contributed by atoms with Crippen molar-refractivity contribution in [1.29, 1.82) is 0 Å². The van der Waals surface area contributed by atoms with E-state index in [1.54, 1.807) is 60.7 Å². The maximum absolute atomic E-state index is 12.5. The van der Waals surface area contributed by atoms with Crippen LogP contribution in [0.25, 0.3) is 12.2 Å². The summed E-state index contributed by atoms with van der Waals surface area (Å²) in [7, 11) is 0. The number of rotatable bonds is 6. The first kappa shape index (κ1) is 23.3. The topological polar surface area (TPSA) is 98.7 Å². The van der Waals surface area contributed by atoms with Gasteiger partial charge in [-0.2, -0.15) is 0 Å². The van der Waals surface area contributed by atoms with E-state index in [-0.39, 0.29) is 23.3 Å². The van der Waals surface area contributed by atoms with E-state index in [9.17, 15) is 19.8 Å².